The van der Waals surface area contributed by atoms with E-state index in [1.54, 1.807) is 14.2 Å². The first-order valence-corrected chi connectivity index (χ1v) is 8.03. The molecule has 0 spiro atoms. The van der Waals surface area contributed by atoms with Gasteiger partial charge in [0.2, 0.25) is 5.91 Å². The highest BCUT2D eigenvalue weighted by molar-refractivity contribution is 5.81. The van der Waals surface area contributed by atoms with Crippen molar-refractivity contribution in [3.63, 3.8) is 0 Å². The Labute approximate surface area is 136 Å². The van der Waals surface area contributed by atoms with Crippen molar-refractivity contribution >= 4 is 5.91 Å². The molecule has 0 saturated carbocycles. The van der Waals surface area contributed by atoms with Crippen molar-refractivity contribution in [2.24, 2.45) is 5.92 Å². The van der Waals surface area contributed by atoms with Crippen LogP contribution in [0.5, 0.6) is 11.5 Å². The molecule has 3 rings (SSSR count). The molecule has 1 aromatic carbocycles. The lowest BCUT2D eigenvalue weighted by Crippen LogP contribution is -2.45. The van der Waals surface area contributed by atoms with Gasteiger partial charge in [-0.25, -0.2) is 0 Å². The topological polar surface area (TPSA) is 60.0 Å². The SMILES string of the molecule is COc1ccc(C2CNCC2C(=O)N2CCOCC2)c(OC)c1. The maximum atomic E-state index is 12.9. The number of carbonyl (C=O) groups excluding carboxylic acids is 1. The molecule has 0 aliphatic carbocycles. The van der Waals surface area contributed by atoms with Crippen molar-refractivity contribution in [2.45, 2.75) is 5.92 Å². The molecule has 1 N–H and O–H groups in total. The van der Waals surface area contributed by atoms with Crippen molar-refractivity contribution in [2.75, 3.05) is 53.6 Å². The Kier molecular flexibility index (Phi) is 5.03. The van der Waals surface area contributed by atoms with Gasteiger partial charge < -0.3 is 24.4 Å². The number of nitrogens with zero attached hydrogens (tertiary/aromatic N) is 1. The van der Waals surface area contributed by atoms with Crippen LogP contribution in [0.15, 0.2) is 18.2 Å². The fraction of sp³-hybridized carbons (Fsp3) is 0.588. The van der Waals surface area contributed by atoms with E-state index in [1.165, 1.54) is 0 Å². The zero-order chi connectivity index (χ0) is 16.2. The normalized spacial score (nSPS) is 24.5. The molecular weight excluding hydrogens is 296 g/mol. The Bertz CT molecular complexity index is 558. The molecule has 2 fully saturated rings. The fourth-order valence-corrected chi connectivity index (χ4v) is 3.41. The van der Waals surface area contributed by atoms with Crippen molar-refractivity contribution in [1.29, 1.82) is 0 Å². The number of nitrogens with one attached hydrogen (secondary N) is 1. The Hall–Kier alpha value is -1.79. The lowest BCUT2D eigenvalue weighted by molar-refractivity contribution is -0.139. The summed E-state index contributed by atoms with van der Waals surface area (Å²) in [6.07, 6.45) is 0. The average molecular weight is 320 g/mol. The molecule has 2 unspecified atom stereocenters. The number of methoxy groups -OCH3 is 2. The number of hydrogen-bond donors (Lipinski definition) is 1. The predicted molar refractivity (Wildman–Crippen MR) is 86.0 cm³/mol. The van der Waals surface area contributed by atoms with Crippen LogP contribution in [0.1, 0.15) is 11.5 Å². The van der Waals surface area contributed by atoms with Gasteiger partial charge in [0.1, 0.15) is 11.5 Å². The second-order valence-corrected chi connectivity index (χ2v) is 5.92. The number of morpholine rings is 1. The Balaban J connectivity index is 1.82. The van der Waals surface area contributed by atoms with Crippen molar-refractivity contribution in [1.82, 2.24) is 10.2 Å². The smallest absolute Gasteiger partial charge is 0.227 e. The maximum absolute atomic E-state index is 12.9. The van der Waals surface area contributed by atoms with Crippen LogP contribution < -0.4 is 14.8 Å². The molecule has 0 bridgehead atoms. The van der Waals surface area contributed by atoms with Gasteiger partial charge in [0.15, 0.2) is 0 Å². The number of amides is 1. The first kappa shape index (κ1) is 16.1. The van der Waals surface area contributed by atoms with Crippen molar-refractivity contribution in [3.05, 3.63) is 23.8 Å². The molecule has 23 heavy (non-hydrogen) atoms. The highest BCUT2D eigenvalue weighted by atomic mass is 16.5. The molecule has 2 aliphatic heterocycles. The molecule has 1 amide bonds. The molecule has 6 heteroatoms. The van der Waals surface area contributed by atoms with Crippen LogP contribution in [-0.4, -0.2) is 64.4 Å². The monoisotopic (exact) mass is 320 g/mol. The minimum atomic E-state index is -0.0598. The van der Waals surface area contributed by atoms with E-state index in [-0.39, 0.29) is 17.7 Å². The molecule has 0 aromatic heterocycles. The van der Waals surface area contributed by atoms with Gasteiger partial charge in [0.25, 0.3) is 0 Å². The summed E-state index contributed by atoms with van der Waals surface area (Å²) in [6, 6.07) is 5.81. The minimum Gasteiger partial charge on any atom is -0.497 e. The van der Waals surface area contributed by atoms with Gasteiger partial charge in [0, 0.05) is 38.2 Å². The van der Waals surface area contributed by atoms with Crippen LogP contribution in [-0.2, 0) is 9.53 Å². The highest BCUT2D eigenvalue weighted by Crippen LogP contribution is 2.37. The van der Waals surface area contributed by atoms with E-state index >= 15 is 0 Å². The van der Waals surface area contributed by atoms with E-state index in [9.17, 15) is 4.79 Å². The minimum absolute atomic E-state index is 0.0598. The summed E-state index contributed by atoms with van der Waals surface area (Å²) in [6.45, 7) is 4.11. The van der Waals surface area contributed by atoms with E-state index in [2.05, 4.69) is 5.32 Å². The first-order chi connectivity index (χ1) is 11.2. The molecule has 6 nitrogen and oxygen atoms in total. The van der Waals surface area contributed by atoms with Crippen LogP contribution >= 0.6 is 0 Å². The quantitative estimate of drug-likeness (QED) is 0.892. The molecule has 0 radical (unpaired) electrons. The van der Waals surface area contributed by atoms with Gasteiger partial charge in [-0.05, 0) is 11.6 Å². The summed E-state index contributed by atoms with van der Waals surface area (Å²) < 4.78 is 16.1. The fourth-order valence-electron chi connectivity index (χ4n) is 3.41. The second kappa shape index (κ2) is 7.19. The lowest BCUT2D eigenvalue weighted by Gasteiger charge is -2.31. The van der Waals surface area contributed by atoms with Gasteiger partial charge in [-0.2, -0.15) is 0 Å². The summed E-state index contributed by atoms with van der Waals surface area (Å²) in [5, 5.41) is 3.36. The molecule has 2 atom stereocenters. The molecular formula is C17H24N2O4. The zero-order valence-electron chi connectivity index (χ0n) is 13.7. The van der Waals surface area contributed by atoms with Crippen molar-refractivity contribution in [3.8, 4) is 11.5 Å². The van der Waals surface area contributed by atoms with Crippen LogP contribution in [0.2, 0.25) is 0 Å². The number of ether oxygens (including phenoxy) is 3. The van der Waals surface area contributed by atoms with Gasteiger partial charge >= 0.3 is 0 Å². The van der Waals surface area contributed by atoms with E-state index in [4.69, 9.17) is 14.2 Å². The van der Waals surface area contributed by atoms with E-state index in [1.807, 2.05) is 23.1 Å². The largest absolute Gasteiger partial charge is 0.497 e. The summed E-state index contributed by atoms with van der Waals surface area (Å²) >= 11 is 0. The van der Waals surface area contributed by atoms with Gasteiger partial charge in [0.05, 0.1) is 33.4 Å². The number of rotatable bonds is 4. The summed E-state index contributed by atoms with van der Waals surface area (Å²) in [7, 11) is 3.29. The van der Waals surface area contributed by atoms with E-state index in [0.29, 0.717) is 32.8 Å². The third kappa shape index (κ3) is 3.28. The standard InChI is InChI=1S/C17H24N2O4/c1-21-12-3-4-13(16(9-12)22-2)14-10-18-11-15(14)17(20)19-5-7-23-8-6-19/h3-4,9,14-15,18H,5-8,10-11H2,1-2H3. The van der Waals surface area contributed by atoms with Crippen LogP contribution in [0.25, 0.3) is 0 Å². The van der Waals surface area contributed by atoms with Gasteiger partial charge in [-0.15, -0.1) is 0 Å². The highest BCUT2D eigenvalue weighted by Gasteiger charge is 2.38. The summed E-state index contributed by atoms with van der Waals surface area (Å²) in [5.41, 5.74) is 1.06. The predicted octanol–water partition coefficient (Wildman–Crippen LogP) is 0.866. The number of hydrogen-bond acceptors (Lipinski definition) is 5. The Morgan fingerprint density at radius 3 is 2.70 bits per heavy atom. The first-order valence-electron chi connectivity index (χ1n) is 8.03. The molecule has 2 heterocycles. The average Bonchev–Trinajstić information content (AvgIpc) is 3.10. The maximum Gasteiger partial charge on any atom is 0.227 e. The molecule has 2 saturated heterocycles. The third-order valence-electron chi connectivity index (χ3n) is 4.69. The number of benzene rings is 1. The third-order valence-corrected chi connectivity index (χ3v) is 4.69. The Morgan fingerprint density at radius 2 is 2.00 bits per heavy atom. The molecule has 1 aromatic rings. The van der Waals surface area contributed by atoms with Crippen LogP contribution in [0, 0.1) is 5.92 Å². The van der Waals surface area contributed by atoms with E-state index in [0.717, 1.165) is 23.6 Å². The summed E-state index contributed by atoms with van der Waals surface area (Å²) in [5.74, 6) is 1.80. The number of carbonyl (C=O) groups is 1. The van der Waals surface area contributed by atoms with Crippen LogP contribution in [0.3, 0.4) is 0 Å². The summed E-state index contributed by atoms with van der Waals surface area (Å²) in [4.78, 5) is 14.8. The Morgan fingerprint density at radius 1 is 1.22 bits per heavy atom. The second-order valence-electron chi connectivity index (χ2n) is 5.92. The van der Waals surface area contributed by atoms with E-state index < -0.39 is 0 Å². The van der Waals surface area contributed by atoms with Gasteiger partial charge in [-0.3, -0.25) is 4.79 Å². The lowest BCUT2D eigenvalue weighted by atomic mass is 9.87. The van der Waals surface area contributed by atoms with Crippen LogP contribution in [0.4, 0.5) is 0 Å². The van der Waals surface area contributed by atoms with Gasteiger partial charge in [-0.1, -0.05) is 6.07 Å². The van der Waals surface area contributed by atoms with Crippen molar-refractivity contribution < 1.29 is 19.0 Å². The molecule has 126 valence electrons. The zero-order valence-corrected chi connectivity index (χ0v) is 13.7. The molecule has 2 aliphatic rings.